The molecule has 0 aromatic rings. The summed E-state index contributed by atoms with van der Waals surface area (Å²) < 4.78 is 0. The van der Waals surface area contributed by atoms with E-state index in [9.17, 15) is 14.4 Å². The highest BCUT2D eigenvalue weighted by Gasteiger charge is 2.42. The lowest BCUT2D eigenvalue weighted by Gasteiger charge is -2.25. The van der Waals surface area contributed by atoms with Gasteiger partial charge in [-0.2, -0.15) is 0 Å². The van der Waals surface area contributed by atoms with Crippen LogP contribution in [-0.2, 0) is 9.59 Å². The molecule has 0 saturated carbocycles. The van der Waals surface area contributed by atoms with Crippen molar-refractivity contribution >= 4 is 17.8 Å². The number of carbonyl (C=O) groups excluding carboxylic acids is 3. The van der Waals surface area contributed by atoms with Gasteiger partial charge in [0.1, 0.15) is 0 Å². The molecule has 0 unspecified atom stereocenters. The molecule has 2 aliphatic rings. The molecule has 1 N–H and O–H groups in total. The lowest BCUT2D eigenvalue weighted by Crippen LogP contribution is -2.41. The Balaban J connectivity index is 2.01. The van der Waals surface area contributed by atoms with Gasteiger partial charge in [-0.3, -0.25) is 19.4 Å². The Morgan fingerprint density at radius 1 is 1.31 bits per heavy atom. The van der Waals surface area contributed by atoms with Crippen LogP contribution in [-0.4, -0.2) is 54.3 Å². The van der Waals surface area contributed by atoms with Gasteiger partial charge in [0.15, 0.2) is 0 Å². The number of rotatable bonds is 2. The number of hydrogen-bond donors (Lipinski definition) is 1. The third kappa shape index (κ3) is 1.80. The first-order valence-electron chi connectivity index (χ1n) is 5.45. The van der Waals surface area contributed by atoms with Crippen LogP contribution in [0, 0.1) is 5.92 Å². The molecule has 0 spiro atoms. The van der Waals surface area contributed by atoms with Gasteiger partial charge < -0.3 is 5.32 Å². The molecular weight excluding hydrogens is 210 g/mol. The van der Waals surface area contributed by atoms with E-state index in [1.165, 1.54) is 7.05 Å². The molecule has 6 nitrogen and oxygen atoms in total. The Labute approximate surface area is 93.6 Å². The normalized spacial score (nSPS) is 26.8. The Kier molecular flexibility index (Phi) is 2.91. The fourth-order valence-electron chi connectivity index (χ4n) is 2.11. The van der Waals surface area contributed by atoms with Crippen LogP contribution in [0.15, 0.2) is 0 Å². The molecule has 4 amide bonds. The summed E-state index contributed by atoms with van der Waals surface area (Å²) in [6.07, 6.45) is 2.03. The summed E-state index contributed by atoms with van der Waals surface area (Å²) in [4.78, 5) is 36.3. The third-order valence-corrected chi connectivity index (χ3v) is 3.09. The Morgan fingerprint density at radius 2 is 2.06 bits per heavy atom. The van der Waals surface area contributed by atoms with E-state index in [0.717, 1.165) is 35.7 Å². The van der Waals surface area contributed by atoms with Crippen LogP contribution < -0.4 is 5.32 Å². The van der Waals surface area contributed by atoms with Crippen LogP contribution in [0.1, 0.15) is 12.8 Å². The van der Waals surface area contributed by atoms with Gasteiger partial charge in [0.2, 0.25) is 0 Å². The molecule has 2 heterocycles. The zero-order chi connectivity index (χ0) is 11.7. The average molecular weight is 225 g/mol. The molecule has 0 bridgehead atoms. The number of imide groups is 2. The van der Waals surface area contributed by atoms with Crippen molar-refractivity contribution in [2.75, 3.05) is 26.7 Å². The van der Waals surface area contributed by atoms with Crippen molar-refractivity contribution in [2.45, 2.75) is 12.8 Å². The number of hydrogen-bond acceptors (Lipinski definition) is 4. The van der Waals surface area contributed by atoms with Crippen molar-refractivity contribution < 1.29 is 14.4 Å². The topological polar surface area (TPSA) is 69.7 Å². The SMILES string of the molecule is CN1C(=O)C(=O)N(C[C@@H]2CCCNC2)C1=O. The molecule has 2 saturated heterocycles. The lowest BCUT2D eigenvalue weighted by atomic mass is 9.99. The van der Waals surface area contributed by atoms with Gasteiger partial charge in [-0.05, 0) is 31.8 Å². The Morgan fingerprint density at radius 3 is 2.56 bits per heavy atom. The van der Waals surface area contributed by atoms with Gasteiger partial charge in [0.05, 0.1) is 0 Å². The summed E-state index contributed by atoms with van der Waals surface area (Å²) >= 11 is 0. The van der Waals surface area contributed by atoms with E-state index in [4.69, 9.17) is 0 Å². The van der Waals surface area contributed by atoms with Gasteiger partial charge in [-0.15, -0.1) is 0 Å². The number of nitrogens with one attached hydrogen (secondary N) is 1. The zero-order valence-corrected chi connectivity index (χ0v) is 9.23. The first-order valence-corrected chi connectivity index (χ1v) is 5.45. The summed E-state index contributed by atoms with van der Waals surface area (Å²) in [7, 11) is 1.34. The first-order chi connectivity index (χ1) is 7.61. The number of likely N-dealkylation sites (N-methyl/N-ethyl adjacent to an activating group) is 1. The minimum absolute atomic E-state index is 0.265. The fraction of sp³-hybridized carbons (Fsp3) is 0.700. The summed E-state index contributed by atoms with van der Waals surface area (Å²) in [5, 5.41) is 3.21. The highest BCUT2D eigenvalue weighted by Crippen LogP contribution is 2.16. The van der Waals surface area contributed by atoms with E-state index in [-0.39, 0.29) is 5.92 Å². The molecular formula is C10H15N3O3. The van der Waals surface area contributed by atoms with Crippen LogP contribution in [0.5, 0.6) is 0 Å². The van der Waals surface area contributed by atoms with E-state index in [2.05, 4.69) is 5.32 Å². The average Bonchev–Trinajstić information content (AvgIpc) is 2.48. The summed E-state index contributed by atoms with van der Waals surface area (Å²) in [6, 6.07) is -0.499. The molecule has 88 valence electrons. The van der Waals surface area contributed by atoms with E-state index < -0.39 is 17.8 Å². The van der Waals surface area contributed by atoms with Crippen molar-refractivity contribution in [1.29, 1.82) is 0 Å². The number of amides is 4. The summed E-state index contributed by atoms with van der Waals surface area (Å²) in [6.45, 7) is 2.13. The van der Waals surface area contributed by atoms with Crippen molar-refractivity contribution in [3.05, 3.63) is 0 Å². The number of nitrogens with zero attached hydrogens (tertiary/aromatic N) is 2. The number of urea groups is 1. The minimum Gasteiger partial charge on any atom is -0.316 e. The van der Waals surface area contributed by atoms with Crippen molar-refractivity contribution in [3.8, 4) is 0 Å². The molecule has 2 fully saturated rings. The molecule has 6 heteroatoms. The molecule has 0 radical (unpaired) electrons. The highest BCUT2D eigenvalue weighted by atomic mass is 16.2. The smallest absolute Gasteiger partial charge is 0.316 e. The molecule has 0 aliphatic carbocycles. The standard InChI is InChI=1S/C10H15N3O3/c1-12-8(14)9(15)13(10(12)16)6-7-3-2-4-11-5-7/h7,11H,2-6H2,1H3/t7-/m1/s1. The lowest BCUT2D eigenvalue weighted by molar-refractivity contribution is -0.143. The van der Waals surface area contributed by atoms with Crippen LogP contribution >= 0.6 is 0 Å². The predicted octanol–water partition coefficient (Wildman–Crippen LogP) is -0.593. The second-order valence-corrected chi connectivity index (χ2v) is 4.27. The maximum absolute atomic E-state index is 11.6. The number of carbonyl (C=O) groups is 3. The fourth-order valence-corrected chi connectivity index (χ4v) is 2.11. The number of piperidine rings is 1. The van der Waals surface area contributed by atoms with Crippen LogP contribution in [0.3, 0.4) is 0 Å². The molecule has 0 aromatic heterocycles. The minimum atomic E-state index is -0.728. The van der Waals surface area contributed by atoms with Crippen LogP contribution in [0.25, 0.3) is 0 Å². The van der Waals surface area contributed by atoms with Crippen molar-refractivity contribution in [1.82, 2.24) is 15.1 Å². The quantitative estimate of drug-likeness (QED) is 0.503. The van der Waals surface area contributed by atoms with Crippen LogP contribution in [0.2, 0.25) is 0 Å². The second-order valence-electron chi connectivity index (χ2n) is 4.27. The van der Waals surface area contributed by atoms with E-state index in [0.29, 0.717) is 6.54 Å². The second kappa shape index (κ2) is 4.21. The third-order valence-electron chi connectivity index (χ3n) is 3.09. The molecule has 2 rings (SSSR count). The maximum Gasteiger partial charge on any atom is 0.333 e. The summed E-state index contributed by atoms with van der Waals surface area (Å²) in [5.41, 5.74) is 0. The largest absolute Gasteiger partial charge is 0.333 e. The molecule has 0 aromatic carbocycles. The highest BCUT2D eigenvalue weighted by molar-refractivity contribution is 6.44. The molecule has 1 atom stereocenters. The van der Waals surface area contributed by atoms with E-state index in [1.54, 1.807) is 0 Å². The van der Waals surface area contributed by atoms with Gasteiger partial charge in [0.25, 0.3) is 0 Å². The van der Waals surface area contributed by atoms with Gasteiger partial charge in [-0.25, -0.2) is 4.79 Å². The molecule has 16 heavy (non-hydrogen) atoms. The van der Waals surface area contributed by atoms with Crippen LogP contribution in [0.4, 0.5) is 4.79 Å². The Hall–Kier alpha value is -1.43. The zero-order valence-electron chi connectivity index (χ0n) is 9.23. The monoisotopic (exact) mass is 225 g/mol. The van der Waals surface area contributed by atoms with Gasteiger partial charge >= 0.3 is 17.8 Å². The summed E-state index contributed by atoms with van der Waals surface area (Å²) in [5.74, 6) is -1.16. The Bertz CT molecular complexity index is 336. The maximum atomic E-state index is 11.6. The molecule has 2 aliphatic heterocycles. The van der Waals surface area contributed by atoms with E-state index in [1.807, 2.05) is 0 Å². The van der Waals surface area contributed by atoms with Gasteiger partial charge in [0, 0.05) is 13.6 Å². The van der Waals surface area contributed by atoms with Crippen molar-refractivity contribution in [2.24, 2.45) is 5.92 Å². The van der Waals surface area contributed by atoms with Crippen molar-refractivity contribution in [3.63, 3.8) is 0 Å². The van der Waals surface area contributed by atoms with Gasteiger partial charge in [-0.1, -0.05) is 0 Å². The van der Waals surface area contributed by atoms with E-state index >= 15 is 0 Å². The predicted molar refractivity (Wildman–Crippen MR) is 55.5 cm³/mol. The first kappa shape index (κ1) is 11.1.